The molecule has 18 heteroatoms. The van der Waals surface area contributed by atoms with Gasteiger partial charge in [-0.2, -0.15) is 0 Å². The number of carbonyl (C=O) groups excluding carboxylic acids is 3. The van der Waals surface area contributed by atoms with Gasteiger partial charge < -0.3 is 34.2 Å². The lowest BCUT2D eigenvalue weighted by atomic mass is 10.0. The van der Waals surface area contributed by atoms with E-state index in [4.69, 9.17) is 32.3 Å². The summed E-state index contributed by atoms with van der Waals surface area (Å²) in [5, 5.41) is 20.6. The van der Waals surface area contributed by atoms with Gasteiger partial charge in [0.25, 0.3) is 0 Å². The van der Waals surface area contributed by atoms with E-state index in [0.29, 0.717) is 19.3 Å². The van der Waals surface area contributed by atoms with Crippen LogP contribution in [0, 0.1) is 0 Å². The van der Waals surface area contributed by atoms with Crippen LogP contribution in [0.15, 0.2) is 122 Å². The Kier molecular flexibility index (Phi) is 70.7. The first-order valence-electron chi connectivity index (χ1n) is 38.8. The number of hydrogen-bond acceptors (Lipinski definition) is 14. The summed E-state index contributed by atoms with van der Waals surface area (Å²) in [7, 11) is -9.79. The van der Waals surface area contributed by atoms with Gasteiger partial charge in [-0.25, -0.2) is 9.13 Å². The third kappa shape index (κ3) is 74.9. The minimum Gasteiger partial charge on any atom is -0.463 e. The van der Waals surface area contributed by atoms with Crippen molar-refractivity contribution in [2.75, 3.05) is 39.6 Å². The Labute approximate surface area is 602 Å². The summed E-state index contributed by atoms with van der Waals surface area (Å²) < 4.78 is 61.0. The molecule has 570 valence electrons. The molecule has 99 heavy (non-hydrogen) atoms. The molecule has 0 bridgehead atoms. The Morgan fingerprint density at radius 3 is 0.889 bits per heavy atom. The number of ether oxygens (including phenoxy) is 3. The van der Waals surface area contributed by atoms with Crippen molar-refractivity contribution in [1.29, 1.82) is 0 Å². The SMILES string of the molecule is CC/C=C\C/C=C\C/C=C\C/C=C\C/C=C\CCCCCCCCCCCC(=O)OCC(COP(=O)(O)OCC(O)COP(=O)(O)OCC(O)COC(=O)CCCCCCCCCCCCC/C=C\C/C=C\C/C=C\C/C=C\CCCCC)OC(=O)CCCCCCC/C=C\CCCC. The number of rotatable bonds is 73. The van der Waals surface area contributed by atoms with Crippen molar-refractivity contribution in [2.45, 2.75) is 334 Å². The summed E-state index contributed by atoms with van der Waals surface area (Å²) in [5.74, 6) is -1.59. The topological polar surface area (TPSA) is 231 Å². The van der Waals surface area contributed by atoms with Crippen LogP contribution >= 0.6 is 15.6 Å². The van der Waals surface area contributed by atoms with Gasteiger partial charge in [-0.15, -0.1) is 0 Å². The maximum absolute atomic E-state index is 12.9. The largest absolute Gasteiger partial charge is 0.472 e. The zero-order chi connectivity index (χ0) is 72.3. The predicted octanol–water partition coefficient (Wildman–Crippen LogP) is 22.5. The van der Waals surface area contributed by atoms with Crippen molar-refractivity contribution in [3.05, 3.63) is 122 Å². The Bertz CT molecular complexity index is 2290. The number of phosphoric ester groups is 2. The lowest BCUT2D eigenvalue weighted by molar-refractivity contribution is -0.161. The molecule has 0 heterocycles. The van der Waals surface area contributed by atoms with Gasteiger partial charge in [0.1, 0.15) is 25.4 Å². The number of esters is 3. The molecule has 0 spiro atoms. The molecule has 0 aliphatic carbocycles. The molecule has 0 aromatic rings. The summed E-state index contributed by atoms with van der Waals surface area (Å²) in [4.78, 5) is 58.5. The molecule has 0 rings (SSSR count). The van der Waals surface area contributed by atoms with Crippen LogP contribution in [0.3, 0.4) is 0 Å². The van der Waals surface area contributed by atoms with Gasteiger partial charge in [-0.3, -0.25) is 32.5 Å². The molecular formula is C81H140O16P2. The lowest BCUT2D eigenvalue weighted by Gasteiger charge is -2.21. The highest BCUT2D eigenvalue weighted by molar-refractivity contribution is 7.47. The average molecular weight is 1430 g/mol. The van der Waals surface area contributed by atoms with Crippen LogP contribution < -0.4 is 0 Å². The number of phosphoric acid groups is 2. The maximum Gasteiger partial charge on any atom is 0.472 e. The van der Waals surface area contributed by atoms with E-state index >= 15 is 0 Å². The molecule has 0 saturated carbocycles. The van der Waals surface area contributed by atoms with Crippen LogP contribution in [0.2, 0.25) is 0 Å². The molecule has 0 saturated heterocycles. The summed E-state index contributed by atoms with van der Waals surface area (Å²) in [5.41, 5.74) is 0. The Morgan fingerprint density at radius 1 is 0.293 bits per heavy atom. The van der Waals surface area contributed by atoms with Crippen LogP contribution in [0.1, 0.15) is 316 Å². The standard InChI is InChI=1S/C81H140O16P2/c1-4-7-10-13-16-19-22-24-26-28-30-32-34-36-37-39-41-42-44-46-48-50-53-55-58-61-64-67-79(84)91-70-76(82)71-93-98(87,88)94-72-77(83)73-95-99(89,90)96-75-78(97-81(86)69-66-63-60-57-52-21-18-15-12-9-6-3)74-92-80(85)68-65-62-59-56-54-51-49-47-45-43-40-38-35-33-31-29-27-25-23-20-17-14-11-8-5-2/h8,11,15-20,24-27,30-33,36-38,40,76-78,82-83H,4-7,9-10,12-14,21-23,28-29,34-35,39,41-75H2,1-3H3,(H,87,88)(H,89,90)/b11-8-,18-15-,19-16-,20-17-,26-24-,27-25-,32-30-,33-31-,37-36-,40-38-. The zero-order valence-corrected chi connectivity index (χ0v) is 63.9. The molecule has 0 radical (unpaired) electrons. The van der Waals surface area contributed by atoms with E-state index in [2.05, 4.69) is 142 Å². The van der Waals surface area contributed by atoms with Crippen LogP contribution in [0.25, 0.3) is 0 Å². The fraction of sp³-hybridized carbons (Fsp3) is 0.716. The molecular weight excluding hydrogens is 1290 g/mol. The first-order valence-corrected chi connectivity index (χ1v) is 41.8. The number of allylic oxidation sites excluding steroid dienone is 20. The Hall–Kier alpha value is -4.05. The van der Waals surface area contributed by atoms with Crippen LogP contribution in [-0.4, -0.2) is 95.9 Å². The first kappa shape index (κ1) is 94.9. The van der Waals surface area contributed by atoms with Crippen molar-refractivity contribution in [3.63, 3.8) is 0 Å². The highest BCUT2D eigenvalue weighted by Crippen LogP contribution is 2.45. The van der Waals surface area contributed by atoms with Gasteiger partial charge in [0.05, 0.1) is 26.4 Å². The summed E-state index contributed by atoms with van der Waals surface area (Å²) in [6.45, 7) is 2.49. The predicted molar refractivity (Wildman–Crippen MR) is 408 cm³/mol. The van der Waals surface area contributed by atoms with Gasteiger partial charge >= 0.3 is 33.6 Å². The molecule has 0 aliphatic heterocycles. The fourth-order valence-corrected chi connectivity index (χ4v) is 11.8. The molecule has 0 amide bonds. The van der Waals surface area contributed by atoms with Crippen molar-refractivity contribution < 1.29 is 75.8 Å². The number of unbranched alkanes of at least 4 members (excludes halogenated alkanes) is 30. The van der Waals surface area contributed by atoms with Crippen molar-refractivity contribution in [3.8, 4) is 0 Å². The second kappa shape index (κ2) is 73.7. The highest BCUT2D eigenvalue weighted by Gasteiger charge is 2.29. The number of carbonyl (C=O) groups is 3. The van der Waals surface area contributed by atoms with Crippen LogP contribution in [0.4, 0.5) is 0 Å². The third-order valence-corrected chi connectivity index (χ3v) is 18.0. The van der Waals surface area contributed by atoms with Crippen molar-refractivity contribution in [1.82, 2.24) is 0 Å². The van der Waals surface area contributed by atoms with E-state index in [1.165, 1.54) is 109 Å². The molecule has 0 fully saturated rings. The molecule has 0 aromatic carbocycles. The van der Waals surface area contributed by atoms with Crippen LogP contribution in [0.5, 0.6) is 0 Å². The van der Waals surface area contributed by atoms with Gasteiger partial charge in [0.2, 0.25) is 0 Å². The summed E-state index contributed by atoms with van der Waals surface area (Å²) in [6.07, 6.45) is 86.9. The van der Waals surface area contributed by atoms with E-state index in [0.717, 1.165) is 148 Å². The average Bonchev–Trinajstić information content (AvgIpc) is 1.15. The minimum atomic E-state index is -4.93. The van der Waals surface area contributed by atoms with E-state index in [-0.39, 0.29) is 19.3 Å². The molecule has 0 aromatic heterocycles. The van der Waals surface area contributed by atoms with E-state index in [9.17, 15) is 43.5 Å². The zero-order valence-electron chi connectivity index (χ0n) is 62.1. The first-order chi connectivity index (χ1) is 48.2. The summed E-state index contributed by atoms with van der Waals surface area (Å²) in [6, 6.07) is 0. The molecule has 5 unspecified atom stereocenters. The minimum absolute atomic E-state index is 0.0910. The number of aliphatic hydroxyl groups is 2. The van der Waals surface area contributed by atoms with Crippen LogP contribution in [-0.2, 0) is 55.8 Å². The van der Waals surface area contributed by atoms with Gasteiger partial charge in [-0.05, 0) is 128 Å². The molecule has 16 nitrogen and oxygen atoms in total. The van der Waals surface area contributed by atoms with Gasteiger partial charge in [0.15, 0.2) is 6.10 Å². The Morgan fingerprint density at radius 2 is 0.545 bits per heavy atom. The Balaban J connectivity index is 4.48. The fourth-order valence-electron chi connectivity index (χ4n) is 10.2. The lowest BCUT2D eigenvalue weighted by Crippen LogP contribution is -2.30. The molecule has 5 atom stereocenters. The monoisotopic (exact) mass is 1430 g/mol. The second-order valence-electron chi connectivity index (χ2n) is 25.8. The number of aliphatic hydroxyl groups excluding tert-OH is 2. The maximum atomic E-state index is 12.9. The van der Waals surface area contributed by atoms with E-state index in [1.54, 1.807) is 0 Å². The normalized spacial score (nSPS) is 14.7. The quantitative estimate of drug-likeness (QED) is 0.0146. The highest BCUT2D eigenvalue weighted by atomic mass is 31.2. The van der Waals surface area contributed by atoms with Crippen molar-refractivity contribution >= 4 is 33.6 Å². The van der Waals surface area contributed by atoms with Gasteiger partial charge in [0, 0.05) is 19.3 Å². The smallest absolute Gasteiger partial charge is 0.463 e. The number of hydrogen-bond donors (Lipinski definition) is 4. The third-order valence-electron chi connectivity index (χ3n) is 16.1. The summed E-state index contributed by atoms with van der Waals surface area (Å²) >= 11 is 0. The van der Waals surface area contributed by atoms with E-state index in [1.807, 2.05) is 0 Å². The van der Waals surface area contributed by atoms with Crippen molar-refractivity contribution in [2.24, 2.45) is 0 Å². The van der Waals surface area contributed by atoms with Gasteiger partial charge in [-0.1, -0.05) is 290 Å². The molecule has 0 aliphatic rings. The van der Waals surface area contributed by atoms with E-state index < -0.39 is 91.5 Å². The second-order valence-corrected chi connectivity index (χ2v) is 28.7. The molecule has 4 N–H and O–H groups in total.